The van der Waals surface area contributed by atoms with Crippen molar-refractivity contribution in [3.8, 4) is 0 Å². The Morgan fingerprint density at radius 3 is 2.42 bits per heavy atom. The van der Waals surface area contributed by atoms with Crippen molar-refractivity contribution in [1.82, 2.24) is 5.32 Å². The highest BCUT2D eigenvalue weighted by atomic mass is 16.4. The predicted molar refractivity (Wildman–Crippen MR) is 71.2 cm³/mol. The summed E-state index contributed by atoms with van der Waals surface area (Å²) >= 11 is 0. The molecular formula is C13H18N2O4. The zero-order valence-electron chi connectivity index (χ0n) is 11.1. The molecule has 6 heteroatoms. The minimum atomic E-state index is -1.34. The maximum Gasteiger partial charge on any atom is 0.328 e. The van der Waals surface area contributed by atoms with Gasteiger partial charge in [0.2, 0.25) is 0 Å². The first-order valence-corrected chi connectivity index (χ1v) is 5.87. The molecule has 0 aliphatic rings. The lowest BCUT2D eigenvalue weighted by atomic mass is 10.1. The van der Waals surface area contributed by atoms with E-state index in [0.29, 0.717) is 5.69 Å². The molecule has 0 saturated carbocycles. The summed E-state index contributed by atoms with van der Waals surface area (Å²) in [6, 6.07) is 3.54. The predicted octanol–water partition coefficient (Wildman–Crippen LogP) is 1.26. The maximum atomic E-state index is 11.7. The van der Waals surface area contributed by atoms with Gasteiger partial charge in [-0.05, 0) is 38.0 Å². The number of carboxylic acids is 1. The van der Waals surface area contributed by atoms with E-state index in [0.717, 1.165) is 11.1 Å². The third-order valence-corrected chi connectivity index (χ3v) is 2.68. The van der Waals surface area contributed by atoms with E-state index < -0.39 is 24.1 Å². The van der Waals surface area contributed by atoms with Crippen LogP contribution in [0.2, 0.25) is 0 Å². The van der Waals surface area contributed by atoms with Crippen LogP contribution < -0.4 is 10.6 Å². The molecule has 0 bridgehead atoms. The fourth-order valence-electron chi connectivity index (χ4n) is 1.56. The molecule has 19 heavy (non-hydrogen) atoms. The van der Waals surface area contributed by atoms with Crippen molar-refractivity contribution in [2.45, 2.75) is 32.9 Å². The molecule has 6 nitrogen and oxygen atoms in total. The summed E-state index contributed by atoms with van der Waals surface area (Å²) in [5.74, 6) is -1.29. The Hall–Kier alpha value is -2.08. The van der Waals surface area contributed by atoms with E-state index in [-0.39, 0.29) is 0 Å². The monoisotopic (exact) mass is 266 g/mol. The molecule has 1 aromatic rings. The highest BCUT2D eigenvalue weighted by Crippen LogP contribution is 2.16. The zero-order valence-corrected chi connectivity index (χ0v) is 11.1. The molecule has 2 amide bonds. The third kappa shape index (κ3) is 4.26. The smallest absolute Gasteiger partial charge is 0.328 e. The first-order chi connectivity index (χ1) is 8.81. The van der Waals surface area contributed by atoms with Crippen LogP contribution in [0.3, 0.4) is 0 Å². The van der Waals surface area contributed by atoms with Gasteiger partial charge in [0.25, 0.3) is 0 Å². The van der Waals surface area contributed by atoms with Crippen molar-refractivity contribution in [2.75, 3.05) is 5.32 Å². The molecule has 2 unspecified atom stereocenters. The van der Waals surface area contributed by atoms with E-state index in [4.69, 9.17) is 5.11 Å². The number of hydrogen-bond donors (Lipinski definition) is 4. The number of aliphatic hydroxyl groups excluding tert-OH is 1. The molecule has 0 fully saturated rings. The van der Waals surface area contributed by atoms with Gasteiger partial charge < -0.3 is 20.8 Å². The molecule has 0 spiro atoms. The number of hydrogen-bond acceptors (Lipinski definition) is 3. The first kappa shape index (κ1) is 15.0. The lowest BCUT2D eigenvalue weighted by Gasteiger charge is -2.18. The van der Waals surface area contributed by atoms with E-state index in [9.17, 15) is 14.7 Å². The number of carboxylic acid groups (broad SMARTS) is 1. The van der Waals surface area contributed by atoms with Crippen molar-refractivity contribution in [2.24, 2.45) is 0 Å². The number of rotatable bonds is 4. The number of carbonyl (C=O) groups is 2. The average molecular weight is 266 g/mol. The SMILES string of the molecule is Cc1ccc(C)c(NC(=O)NC(C(=O)O)C(C)O)c1. The standard InChI is InChI=1S/C13H18N2O4/c1-7-4-5-8(2)10(6-7)14-13(19)15-11(9(3)16)12(17)18/h4-6,9,11,16H,1-3H3,(H,17,18)(H2,14,15,19). The Bertz CT molecular complexity index is 486. The van der Waals surface area contributed by atoms with E-state index in [2.05, 4.69) is 10.6 Å². The van der Waals surface area contributed by atoms with Crippen LogP contribution in [0.25, 0.3) is 0 Å². The van der Waals surface area contributed by atoms with Gasteiger partial charge in [-0.15, -0.1) is 0 Å². The van der Waals surface area contributed by atoms with Gasteiger partial charge in [-0.2, -0.15) is 0 Å². The molecule has 104 valence electrons. The van der Waals surface area contributed by atoms with Gasteiger partial charge in [-0.1, -0.05) is 12.1 Å². The summed E-state index contributed by atoms with van der Waals surface area (Å²) in [4.78, 5) is 22.5. The number of carbonyl (C=O) groups excluding carboxylic acids is 1. The number of aryl methyl sites for hydroxylation is 2. The van der Waals surface area contributed by atoms with Crippen LogP contribution in [0.5, 0.6) is 0 Å². The molecule has 0 saturated heterocycles. The second-order valence-electron chi connectivity index (χ2n) is 4.47. The Morgan fingerprint density at radius 2 is 1.89 bits per heavy atom. The van der Waals surface area contributed by atoms with Crippen LogP contribution in [0.4, 0.5) is 10.5 Å². The van der Waals surface area contributed by atoms with E-state index in [1.54, 1.807) is 6.07 Å². The van der Waals surface area contributed by atoms with Crippen LogP contribution in [0, 0.1) is 13.8 Å². The normalized spacial score (nSPS) is 13.5. The van der Waals surface area contributed by atoms with E-state index in [1.807, 2.05) is 26.0 Å². The molecule has 0 radical (unpaired) electrons. The van der Waals surface area contributed by atoms with Gasteiger partial charge in [-0.3, -0.25) is 0 Å². The summed E-state index contributed by atoms with van der Waals surface area (Å²) in [5.41, 5.74) is 2.45. The highest BCUT2D eigenvalue weighted by molar-refractivity contribution is 5.93. The topological polar surface area (TPSA) is 98.7 Å². The molecule has 4 N–H and O–H groups in total. The quantitative estimate of drug-likeness (QED) is 0.659. The average Bonchev–Trinajstić information content (AvgIpc) is 2.30. The lowest BCUT2D eigenvalue weighted by molar-refractivity contribution is -0.141. The van der Waals surface area contributed by atoms with Crippen LogP contribution in [-0.2, 0) is 4.79 Å². The van der Waals surface area contributed by atoms with Crippen LogP contribution in [0.15, 0.2) is 18.2 Å². The lowest BCUT2D eigenvalue weighted by Crippen LogP contribution is -2.49. The van der Waals surface area contributed by atoms with E-state index >= 15 is 0 Å². The first-order valence-electron chi connectivity index (χ1n) is 5.87. The summed E-state index contributed by atoms with van der Waals surface area (Å²) in [7, 11) is 0. The molecule has 0 heterocycles. The minimum absolute atomic E-state index is 0.604. The van der Waals surface area contributed by atoms with Gasteiger partial charge in [0.05, 0.1) is 6.10 Å². The van der Waals surface area contributed by atoms with Gasteiger partial charge in [0, 0.05) is 5.69 Å². The number of aliphatic carboxylic acids is 1. The van der Waals surface area contributed by atoms with Crippen LogP contribution in [0.1, 0.15) is 18.1 Å². The van der Waals surface area contributed by atoms with Crippen LogP contribution in [-0.4, -0.2) is 34.4 Å². The largest absolute Gasteiger partial charge is 0.480 e. The third-order valence-electron chi connectivity index (χ3n) is 2.68. The van der Waals surface area contributed by atoms with Crippen molar-refractivity contribution in [3.05, 3.63) is 29.3 Å². The van der Waals surface area contributed by atoms with Gasteiger partial charge in [0.15, 0.2) is 6.04 Å². The number of anilines is 1. The Kier molecular flexibility index (Phi) is 4.88. The molecule has 2 atom stereocenters. The van der Waals surface area contributed by atoms with Crippen molar-refractivity contribution < 1.29 is 19.8 Å². The fraction of sp³-hybridized carbons (Fsp3) is 0.385. The number of benzene rings is 1. The van der Waals surface area contributed by atoms with Crippen molar-refractivity contribution in [1.29, 1.82) is 0 Å². The summed E-state index contributed by atoms with van der Waals surface area (Å²) in [6.45, 7) is 5.02. The minimum Gasteiger partial charge on any atom is -0.480 e. The summed E-state index contributed by atoms with van der Waals surface area (Å²) in [5, 5.41) is 22.9. The van der Waals surface area contributed by atoms with E-state index in [1.165, 1.54) is 6.92 Å². The number of nitrogens with one attached hydrogen (secondary N) is 2. The molecule has 0 aliphatic carbocycles. The van der Waals surface area contributed by atoms with Gasteiger partial charge in [0.1, 0.15) is 0 Å². The fourth-order valence-corrected chi connectivity index (χ4v) is 1.56. The van der Waals surface area contributed by atoms with Crippen LogP contribution >= 0.6 is 0 Å². The highest BCUT2D eigenvalue weighted by Gasteiger charge is 2.24. The van der Waals surface area contributed by atoms with Crippen molar-refractivity contribution in [3.63, 3.8) is 0 Å². The van der Waals surface area contributed by atoms with Gasteiger partial charge in [-0.25, -0.2) is 9.59 Å². The van der Waals surface area contributed by atoms with Crippen molar-refractivity contribution >= 4 is 17.7 Å². The zero-order chi connectivity index (χ0) is 14.6. The number of amides is 2. The molecule has 1 rings (SSSR count). The maximum absolute atomic E-state index is 11.7. The Labute approximate surface area is 111 Å². The summed E-state index contributed by atoms with van der Waals surface area (Å²) < 4.78 is 0. The molecule has 1 aromatic carbocycles. The Balaban J connectivity index is 2.74. The molecule has 0 aromatic heterocycles. The second-order valence-corrected chi connectivity index (χ2v) is 4.47. The van der Waals surface area contributed by atoms with Gasteiger partial charge >= 0.3 is 12.0 Å². The number of aliphatic hydroxyl groups is 1. The summed E-state index contributed by atoms with van der Waals surface area (Å²) in [6.07, 6.45) is -1.18. The molecule has 0 aliphatic heterocycles. The Morgan fingerprint density at radius 1 is 1.26 bits per heavy atom. The number of urea groups is 1. The molecular weight excluding hydrogens is 248 g/mol. The second kappa shape index (κ2) is 6.19.